The summed E-state index contributed by atoms with van der Waals surface area (Å²) in [6.45, 7) is 6.49. The fraction of sp³-hybridized carbons (Fsp3) is 0.500. The molecule has 0 bridgehead atoms. The van der Waals surface area contributed by atoms with E-state index in [4.69, 9.17) is 10.5 Å². The number of methoxy groups -OCH3 is 1. The molecule has 0 radical (unpaired) electrons. The summed E-state index contributed by atoms with van der Waals surface area (Å²) in [5, 5.41) is 5.80. The van der Waals surface area contributed by atoms with Crippen LogP contribution in [0.2, 0.25) is 0 Å². The van der Waals surface area contributed by atoms with Gasteiger partial charge in [0.25, 0.3) is 0 Å². The summed E-state index contributed by atoms with van der Waals surface area (Å²) in [7, 11) is 1.33. The highest BCUT2D eigenvalue weighted by atomic mass is 16.6. The lowest BCUT2D eigenvalue weighted by atomic mass is 10.1. The van der Waals surface area contributed by atoms with Crippen molar-refractivity contribution in [3.63, 3.8) is 0 Å². The minimum Gasteiger partial charge on any atom is -0.465 e. The number of nitrogen functional groups attached to an aromatic ring is 1. The van der Waals surface area contributed by atoms with Gasteiger partial charge < -0.3 is 25.8 Å². The van der Waals surface area contributed by atoms with Gasteiger partial charge in [-0.2, -0.15) is 0 Å². The zero-order chi connectivity index (χ0) is 17.5. The molecule has 1 aromatic rings. The van der Waals surface area contributed by atoms with Gasteiger partial charge in [-0.25, -0.2) is 9.59 Å². The number of hydrogen-bond acceptors (Lipinski definition) is 6. The fourth-order valence-corrected chi connectivity index (χ4v) is 1.77. The van der Waals surface area contributed by atoms with Crippen molar-refractivity contribution in [1.82, 2.24) is 5.32 Å². The maximum absolute atomic E-state index is 11.5. The number of nitrogens with two attached hydrogens (primary N) is 1. The van der Waals surface area contributed by atoms with Crippen molar-refractivity contribution in [2.45, 2.75) is 32.8 Å². The molecule has 7 nitrogen and oxygen atoms in total. The molecular formula is C16H25N3O4. The van der Waals surface area contributed by atoms with Gasteiger partial charge in [0.05, 0.1) is 24.0 Å². The number of alkyl carbamates (subject to hydrolysis) is 1. The van der Waals surface area contributed by atoms with Crippen molar-refractivity contribution in [3.05, 3.63) is 23.8 Å². The van der Waals surface area contributed by atoms with Gasteiger partial charge in [-0.15, -0.1) is 0 Å². The Labute approximate surface area is 136 Å². The topological polar surface area (TPSA) is 103 Å². The molecule has 0 unspecified atom stereocenters. The number of ether oxygens (including phenoxy) is 2. The molecule has 7 heteroatoms. The maximum Gasteiger partial charge on any atom is 0.407 e. The molecule has 128 valence electrons. The molecule has 0 aliphatic carbocycles. The Morgan fingerprint density at radius 2 is 1.91 bits per heavy atom. The molecule has 0 fully saturated rings. The second kappa shape index (κ2) is 8.26. The Kier molecular flexibility index (Phi) is 6.68. The van der Waals surface area contributed by atoms with Crippen LogP contribution in [0, 0.1) is 0 Å². The summed E-state index contributed by atoms with van der Waals surface area (Å²) in [4.78, 5) is 23.0. The third kappa shape index (κ3) is 6.90. The molecule has 1 aromatic carbocycles. The van der Waals surface area contributed by atoms with Gasteiger partial charge in [-0.3, -0.25) is 0 Å². The van der Waals surface area contributed by atoms with E-state index in [0.29, 0.717) is 36.4 Å². The van der Waals surface area contributed by atoms with Crippen LogP contribution in [-0.4, -0.2) is 37.9 Å². The summed E-state index contributed by atoms with van der Waals surface area (Å²) >= 11 is 0. The van der Waals surface area contributed by atoms with E-state index in [1.807, 2.05) is 20.8 Å². The average Bonchev–Trinajstić information content (AvgIpc) is 2.46. The summed E-state index contributed by atoms with van der Waals surface area (Å²) in [5.41, 5.74) is 6.97. The smallest absolute Gasteiger partial charge is 0.407 e. The van der Waals surface area contributed by atoms with E-state index in [1.54, 1.807) is 18.2 Å². The molecule has 0 aliphatic rings. The fourth-order valence-electron chi connectivity index (χ4n) is 1.77. The Balaban J connectivity index is 2.39. The predicted molar refractivity (Wildman–Crippen MR) is 89.5 cm³/mol. The first-order chi connectivity index (χ1) is 10.7. The second-order valence-electron chi connectivity index (χ2n) is 6.00. The highest BCUT2D eigenvalue weighted by Crippen LogP contribution is 2.20. The Hall–Kier alpha value is -2.44. The lowest BCUT2D eigenvalue weighted by Gasteiger charge is -2.19. The summed E-state index contributed by atoms with van der Waals surface area (Å²) in [6.07, 6.45) is 0.242. The molecular weight excluding hydrogens is 298 g/mol. The first-order valence-corrected chi connectivity index (χ1v) is 7.41. The first-order valence-electron chi connectivity index (χ1n) is 7.41. The number of amides is 1. The Bertz CT molecular complexity index is 553. The number of anilines is 2. The highest BCUT2D eigenvalue weighted by molar-refractivity contribution is 5.91. The number of nitrogens with one attached hydrogen (secondary N) is 2. The SMILES string of the molecule is COC(=O)c1ccc(N)c(NCCCNC(=O)OC(C)(C)C)c1. The van der Waals surface area contributed by atoms with E-state index in [2.05, 4.69) is 15.4 Å². The highest BCUT2D eigenvalue weighted by Gasteiger charge is 2.15. The maximum atomic E-state index is 11.5. The van der Waals surface area contributed by atoms with E-state index in [0.717, 1.165) is 0 Å². The summed E-state index contributed by atoms with van der Waals surface area (Å²) in [5.74, 6) is -0.417. The van der Waals surface area contributed by atoms with Crippen LogP contribution in [0.4, 0.5) is 16.2 Å². The van der Waals surface area contributed by atoms with Gasteiger partial charge in [0.15, 0.2) is 0 Å². The van der Waals surface area contributed by atoms with Crippen LogP contribution in [0.25, 0.3) is 0 Å². The standard InChI is InChI=1S/C16H25N3O4/c1-16(2,3)23-15(21)19-9-5-8-18-13-10-11(14(20)22-4)6-7-12(13)17/h6-7,10,18H,5,8-9,17H2,1-4H3,(H,19,21). The van der Waals surface area contributed by atoms with Crippen molar-refractivity contribution in [2.75, 3.05) is 31.2 Å². The lowest BCUT2D eigenvalue weighted by Crippen LogP contribution is -2.33. The molecule has 0 heterocycles. The molecule has 23 heavy (non-hydrogen) atoms. The Morgan fingerprint density at radius 3 is 2.52 bits per heavy atom. The molecule has 0 aliphatic heterocycles. The van der Waals surface area contributed by atoms with Gasteiger partial charge in [-0.05, 0) is 45.4 Å². The van der Waals surface area contributed by atoms with Gasteiger partial charge in [0.1, 0.15) is 5.60 Å². The van der Waals surface area contributed by atoms with Crippen LogP contribution < -0.4 is 16.4 Å². The summed E-state index contributed by atoms with van der Waals surface area (Å²) in [6, 6.07) is 4.90. The van der Waals surface area contributed by atoms with Crippen molar-refractivity contribution >= 4 is 23.4 Å². The van der Waals surface area contributed by atoms with Crippen LogP contribution in [0.3, 0.4) is 0 Å². The predicted octanol–water partition coefficient (Wildman–Crippen LogP) is 2.38. The second-order valence-corrected chi connectivity index (χ2v) is 6.00. The number of esters is 1. The van der Waals surface area contributed by atoms with Gasteiger partial charge in [0, 0.05) is 13.1 Å². The van der Waals surface area contributed by atoms with Gasteiger partial charge in [-0.1, -0.05) is 0 Å². The lowest BCUT2D eigenvalue weighted by molar-refractivity contribution is 0.0526. The third-order valence-corrected chi connectivity index (χ3v) is 2.81. The van der Waals surface area contributed by atoms with Gasteiger partial charge >= 0.3 is 12.1 Å². The van der Waals surface area contributed by atoms with Gasteiger partial charge in [0.2, 0.25) is 0 Å². The number of hydrogen-bond donors (Lipinski definition) is 3. The third-order valence-electron chi connectivity index (χ3n) is 2.81. The van der Waals surface area contributed by atoms with Crippen LogP contribution in [0.1, 0.15) is 37.6 Å². The van der Waals surface area contributed by atoms with Crippen LogP contribution in [0.15, 0.2) is 18.2 Å². The number of carbonyl (C=O) groups excluding carboxylic acids is 2. The van der Waals surface area contributed by atoms with Crippen LogP contribution in [0.5, 0.6) is 0 Å². The van der Waals surface area contributed by atoms with Crippen LogP contribution >= 0.6 is 0 Å². The molecule has 0 saturated heterocycles. The zero-order valence-corrected chi connectivity index (χ0v) is 14.1. The molecule has 0 saturated carbocycles. The molecule has 0 atom stereocenters. The zero-order valence-electron chi connectivity index (χ0n) is 14.1. The minimum absolute atomic E-state index is 0.417. The molecule has 4 N–H and O–H groups in total. The van der Waals surface area contributed by atoms with E-state index in [-0.39, 0.29) is 0 Å². The number of carbonyl (C=O) groups is 2. The molecule has 1 rings (SSSR count). The monoisotopic (exact) mass is 323 g/mol. The largest absolute Gasteiger partial charge is 0.465 e. The molecule has 1 amide bonds. The molecule has 0 spiro atoms. The van der Waals surface area contributed by atoms with E-state index >= 15 is 0 Å². The van der Waals surface area contributed by atoms with Crippen molar-refractivity contribution in [1.29, 1.82) is 0 Å². The summed E-state index contributed by atoms with van der Waals surface area (Å²) < 4.78 is 9.81. The normalized spacial score (nSPS) is 10.8. The number of benzene rings is 1. The van der Waals surface area contributed by atoms with E-state index < -0.39 is 17.7 Å². The van der Waals surface area contributed by atoms with Crippen molar-refractivity contribution in [3.8, 4) is 0 Å². The van der Waals surface area contributed by atoms with Crippen molar-refractivity contribution < 1.29 is 19.1 Å². The quantitative estimate of drug-likeness (QED) is 0.422. The van der Waals surface area contributed by atoms with E-state index in [9.17, 15) is 9.59 Å². The molecule has 0 aromatic heterocycles. The first kappa shape index (κ1) is 18.6. The average molecular weight is 323 g/mol. The van der Waals surface area contributed by atoms with Crippen molar-refractivity contribution in [2.24, 2.45) is 0 Å². The number of rotatable bonds is 6. The van der Waals surface area contributed by atoms with E-state index in [1.165, 1.54) is 7.11 Å². The minimum atomic E-state index is -0.509. The Morgan fingerprint density at radius 1 is 1.22 bits per heavy atom. The van der Waals surface area contributed by atoms with Crippen LogP contribution in [-0.2, 0) is 9.47 Å².